The van der Waals surface area contributed by atoms with Crippen LogP contribution in [0.2, 0.25) is 0 Å². The molecule has 2 aromatic rings. The average Bonchev–Trinajstić information content (AvgIpc) is 2.78. The number of nitrogens with one attached hydrogen (secondary N) is 1. The molecular formula is C22H25N3O5S. The van der Waals surface area contributed by atoms with E-state index in [2.05, 4.69) is 5.32 Å². The van der Waals surface area contributed by atoms with E-state index in [9.17, 15) is 22.8 Å². The predicted molar refractivity (Wildman–Crippen MR) is 115 cm³/mol. The summed E-state index contributed by atoms with van der Waals surface area (Å²) in [6.07, 6.45) is 0. The molecule has 31 heavy (non-hydrogen) atoms. The Morgan fingerprint density at radius 2 is 1.42 bits per heavy atom. The first kappa shape index (κ1) is 22.5. The first-order valence-electron chi connectivity index (χ1n) is 9.91. The zero-order valence-electron chi connectivity index (χ0n) is 17.4. The Morgan fingerprint density at radius 1 is 0.871 bits per heavy atom. The number of amides is 3. The smallest absolute Gasteiger partial charge is 0.261 e. The topological polar surface area (TPSA) is 104 Å². The lowest BCUT2D eigenvalue weighted by Crippen LogP contribution is -2.57. The molecule has 0 spiro atoms. The van der Waals surface area contributed by atoms with E-state index in [1.54, 1.807) is 47.4 Å². The van der Waals surface area contributed by atoms with Crippen molar-refractivity contribution >= 4 is 27.6 Å². The quantitative estimate of drug-likeness (QED) is 0.748. The van der Waals surface area contributed by atoms with Crippen molar-refractivity contribution in [3.8, 4) is 0 Å². The Balaban J connectivity index is 1.89. The maximum atomic E-state index is 13.3. The second-order valence-electron chi connectivity index (χ2n) is 7.41. The van der Waals surface area contributed by atoms with Gasteiger partial charge in [0.2, 0.25) is 21.1 Å². The molecule has 0 saturated carbocycles. The van der Waals surface area contributed by atoms with Crippen molar-refractivity contribution in [2.45, 2.75) is 24.1 Å². The number of carbonyl (C=O) groups is 3. The van der Waals surface area contributed by atoms with E-state index in [0.717, 1.165) is 5.56 Å². The van der Waals surface area contributed by atoms with Gasteiger partial charge >= 0.3 is 0 Å². The molecule has 9 heteroatoms. The Kier molecular flexibility index (Phi) is 6.74. The Labute approximate surface area is 181 Å². The number of piperazine rings is 1. The molecule has 2 aromatic carbocycles. The number of aryl methyl sites for hydroxylation is 1. The fourth-order valence-electron chi connectivity index (χ4n) is 3.33. The van der Waals surface area contributed by atoms with Crippen LogP contribution >= 0.6 is 0 Å². The number of benzene rings is 2. The highest BCUT2D eigenvalue weighted by Crippen LogP contribution is 2.18. The summed E-state index contributed by atoms with van der Waals surface area (Å²) in [4.78, 5) is 40.5. The van der Waals surface area contributed by atoms with Crippen LogP contribution in [-0.2, 0) is 19.4 Å². The fourth-order valence-corrected chi connectivity index (χ4v) is 4.82. The largest absolute Gasteiger partial charge is 0.339 e. The zero-order chi connectivity index (χ0) is 22.6. The van der Waals surface area contributed by atoms with E-state index < -0.39 is 27.0 Å². The van der Waals surface area contributed by atoms with Gasteiger partial charge in [-0.3, -0.25) is 14.4 Å². The number of rotatable bonds is 5. The van der Waals surface area contributed by atoms with E-state index in [1.165, 1.54) is 24.0 Å². The maximum Gasteiger partial charge on any atom is 0.261 e. The van der Waals surface area contributed by atoms with E-state index in [0.29, 0.717) is 13.1 Å². The van der Waals surface area contributed by atoms with Crippen LogP contribution in [0, 0.1) is 6.92 Å². The van der Waals surface area contributed by atoms with E-state index in [-0.39, 0.29) is 29.5 Å². The normalized spacial score (nSPS) is 15.3. The van der Waals surface area contributed by atoms with Gasteiger partial charge in [-0.2, -0.15) is 0 Å². The minimum atomic E-state index is -4.19. The molecule has 0 aliphatic carbocycles. The Hall–Kier alpha value is -3.20. The van der Waals surface area contributed by atoms with Crippen LogP contribution < -0.4 is 5.32 Å². The van der Waals surface area contributed by atoms with E-state index in [4.69, 9.17) is 0 Å². The molecule has 1 fully saturated rings. The summed E-state index contributed by atoms with van der Waals surface area (Å²) in [5.74, 6) is -1.47. The molecule has 0 aromatic heterocycles. The highest BCUT2D eigenvalue weighted by atomic mass is 32.2. The van der Waals surface area contributed by atoms with Gasteiger partial charge in [0, 0.05) is 38.7 Å². The molecule has 0 radical (unpaired) electrons. The number of sulfone groups is 1. The molecule has 1 N–H and O–H groups in total. The van der Waals surface area contributed by atoms with Crippen LogP contribution in [0.4, 0.5) is 0 Å². The van der Waals surface area contributed by atoms with Gasteiger partial charge in [-0.1, -0.05) is 35.9 Å². The molecule has 1 atom stereocenters. The van der Waals surface area contributed by atoms with Crippen molar-refractivity contribution in [2.75, 3.05) is 26.2 Å². The van der Waals surface area contributed by atoms with Gasteiger partial charge in [0.1, 0.15) is 0 Å². The van der Waals surface area contributed by atoms with Crippen LogP contribution in [0.1, 0.15) is 22.8 Å². The molecule has 1 aliphatic heterocycles. The number of hydrogen-bond acceptors (Lipinski definition) is 5. The Morgan fingerprint density at radius 3 is 1.97 bits per heavy atom. The fraction of sp³-hybridized carbons (Fsp3) is 0.318. The van der Waals surface area contributed by atoms with Crippen LogP contribution in [0.15, 0.2) is 59.5 Å². The summed E-state index contributed by atoms with van der Waals surface area (Å²) in [7, 11) is -4.19. The van der Waals surface area contributed by atoms with Gasteiger partial charge in [-0.25, -0.2) is 8.42 Å². The lowest BCUT2D eigenvalue weighted by molar-refractivity contribution is -0.138. The first-order valence-corrected chi connectivity index (χ1v) is 11.5. The minimum Gasteiger partial charge on any atom is -0.339 e. The van der Waals surface area contributed by atoms with Gasteiger partial charge in [0.15, 0.2) is 0 Å². The van der Waals surface area contributed by atoms with Crippen molar-refractivity contribution in [1.29, 1.82) is 0 Å². The second-order valence-corrected chi connectivity index (χ2v) is 9.44. The van der Waals surface area contributed by atoms with Crippen LogP contribution in [0.3, 0.4) is 0 Å². The van der Waals surface area contributed by atoms with Gasteiger partial charge in [0.25, 0.3) is 11.8 Å². The molecule has 1 heterocycles. The van der Waals surface area contributed by atoms with Crippen molar-refractivity contribution in [2.24, 2.45) is 0 Å². The van der Waals surface area contributed by atoms with E-state index >= 15 is 0 Å². The average molecular weight is 444 g/mol. The molecule has 1 saturated heterocycles. The number of nitrogens with zero attached hydrogens (tertiary/aromatic N) is 2. The molecule has 3 amide bonds. The lowest BCUT2D eigenvalue weighted by atomic mass is 10.1. The summed E-state index contributed by atoms with van der Waals surface area (Å²) < 4.78 is 26.6. The van der Waals surface area contributed by atoms with Crippen molar-refractivity contribution < 1.29 is 22.8 Å². The SMILES string of the molecule is CC(=O)N1CCN(C(=O)[C@H](NC(=O)c2ccc(C)cc2)S(=O)(=O)c2ccccc2)CC1. The lowest BCUT2D eigenvalue weighted by Gasteiger charge is -2.36. The summed E-state index contributed by atoms with van der Waals surface area (Å²) >= 11 is 0. The number of hydrogen-bond donors (Lipinski definition) is 1. The van der Waals surface area contributed by atoms with Crippen molar-refractivity contribution in [1.82, 2.24) is 15.1 Å². The molecule has 3 rings (SSSR count). The third-order valence-corrected chi connectivity index (χ3v) is 7.09. The minimum absolute atomic E-state index is 0.0556. The van der Waals surface area contributed by atoms with Crippen molar-refractivity contribution in [3.63, 3.8) is 0 Å². The highest BCUT2D eigenvalue weighted by Gasteiger charge is 2.39. The molecule has 0 bridgehead atoms. The zero-order valence-corrected chi connectivity index (χ0v) is 18.3. The van der Waals surface area contributed by atoms with Gasteiger partial charge in [0.05, 0.1) is 4.90 Å². The molecule has 1 aliphatic rings. The molecule has 0 unspecified atom stereocenters. The summed E-state index contributed by atoms with van der Waals surface area (Å²) in [5, 5.41) is 0.653. The molecule has 8 nitrogen and oxygen atoms in total. The van der Waals surface area contributed by atoms with Gasteiger partial charge in [-0.05, 0) is 31.2 Å². The van der Waals surface area contributed by atoms with Crippen LogP contribution in [0.5, 0.6) is 0 Å². The third kappa shape index (κ3) is 5.11. The predicted octanol–water partition coefficient (Wildman–Crippen LogP) is 1.22. The summed E-state index contributed by atoms with van der Waals surface area (Å²) in [5.41, 5.74) is 1.21. The van der Waals surface area contributed by atoms with Gasteiger partial charge < -0.3 is 15.1 Å². The number of carbonyl (C=O) groups excluding carboxylic acids is 3. The second kappa shape index (κ2) is 9.30. The molecular weight excluding hydrogens is 418 g/mol. The third-order valence-electron chi connectivity index (χ3n) is 5.22. The standard InChI is InChI=1S/C22H25N3O5S/c1-16-8-10-18(11-9-16)20(27)23-21(31(29,30)19-6-4-3-5-7-19)22(28)25-14-12-24(13-15-25)17(2)26/h3-11,21H,12-15H2,1-2H3,(H,23,27)/t21-/m1/s1. The highest BCUT2D eigenvalue weighted by molar-refractivity contribution is 7.92. The summed E-state index contributed by atoms with van der Waals surface area (Å²) in [6.45, 7) is 4.33. The van der Waals surface area contributed by atoms with Gasteiger partial charge in [-0.15, -0.1) is 0 Å². The Bertz CT molecular complexity index is 1060. The van der Waals surface area contributed by atoms with Crippen LogP contribution in [-0.4, -0.2) is 67.5 Å². The van der Waals surface area contributed by atoms with E-state index in [1.807, 2.05) is 6.92 Å². The monoisotopic (exact) mass is 443 g/mol. The maximum absolute atomic E-state index is 13.3. The first-order chi connectivity index (χ1) is 14.7. The molecule has 164 valence electrons. The van der Waals surface area contributed by atoms with Crippen molar-refractivity contribution in [3.05, 3.63) is 65.7 Å². The van der Waals surface area contributed by atoms with Crippen LogP contribution in [0.25, 0.3) is 0 Å². The summed E-state index contributed by atoms with van der Waals surface area (Å²) in [6, 6.07) is 14.2.